The molecule has 21 heavy (non-hydrogen) atoms. The second kappa shape index (κ2) is 5.88. The van der Waals surface area contributed by atoms with Crippen LogP contribution >= 0.6 is 0 Å². The Balaban J connectivity index is 1.67. The minimum Gasteiger partial charge on any atom is -0.367 e. The van der Waals surface area contributed by atoms with Crippen LogP contribution in [0.1, 0.15) is 27.7 Å². The number of nitrogens with one attached hydrogen (secondary N) is 2. The van der Waals surface area contributed by atoms with Gasteiger partial charge in [0, 0.05) is 12.6 Å². The van der Waals surface area contributed by atoms with E-state index in [1.54, 1.807) is 12.1 Å². The van der Waals surface area contributed by atoms with Gasteiger partial charge in [0.25, 0.3) is 5.91 Å². The lowest BCUT2D eigenvalue weighted by molar-refractivity contribution is 0.0994. The summed E-state index contributed by atoms with van der Waals surface area (Å²) in [6.07, 6.45) is 1.06. The Labute approximate surface area is 122 Å². The van der Waals surface area contributed by atoms with Gasteiger partial charge in [0.1, 0.15) is 5.82 Å². The van der Waals surface area contributed by atoms with Crippen molar-refractivity contribution in [2.75, 3.05) is 18.4 Å². The first-order valence-electron chi connectivity index (χ1n) is 6.92. The lowest BCUT2D eigenvalue weighted by Gasteiger charge is -2.27. The number of hydrogen-bond donors (Lipinski definition) is 3. The van der Waals surface area contributed by atoms with Crippen LogP contribution in [0.5, 0.6) is 0 Å². The Hall–Kier alpha value is -2.47. The van der Waals surface area contributed by atoms with Crippen LogP contribution in [0.2, 0.25) is 0 Å². The minimum absolute atomic E-state index is 0.168. The lowest BCUT2D eigenvalue weighted by atomic mass is 9.94. The van der Waals surface area contributed by atoms with Crippen LogP contribution in [0, 0.1) is 0 Å². The number of carbonyl (C=O) groups is 1. The second-order valence-corrected chi connectivity index (χ2v) is 5.00. The van der Waals surface area contributed by atoms with Crippen LogP contribution in [-0.2, 0) is 6.42 Å². The van der Waals surface area contributed by atoms with Gasteiger partial charge >= 0.3 is 0 Å². The highest BCUT2D eigenvalue weighted by Gasteiger charge is 2.18. The maximum Gasteiger partial charge on any atom is 0.269 e. The number of fused-ring (bicyclic) bond motifs is 1. The van der Waals surface area contributed by atoms with Gasteiger partial charge in [0.15, 0.2) is 5.69 Å². The maximum absolute atomic E-state index is 10.9. The Kier molecular flexibility index (Phi) is 3.79. The number of primary amides is 1. The number of carbonyl (C=O) groups excluding carboxylic acids is 1. The summed E-state index contributed by atoms with van der Waals surface area (Å²) in [7, 11) is 0. The van der Waals surface area contributed by atoms with Gasteiger partial charge in [0.05, 0.1) is 0 Å². The van der Waals surface area contributed by atoms with Crippen molar-refractivity contribution in [2.45, 2.75) is 12.5 Å². The van der Waals surface area contributed by atoms with Crippen molar-refractivity contribution >= 4 is 11.7 Å². The molecule has 4 N–H and O–H groups in total. The van der Waals surface area contributed by atoms with E-state index < -0.39 is 5.91 Å². The van der Waals surface area contributed by atoms with E-state index in [4.69, 9.17) is 5.73 Å². The van der Waals surface area contributed by atoms with E-state index in [0.29, 0.717) is 12.4 Å². The van der Waals surface area contributed by atoms with Gasteiger partial charge in [0.2, 0.25) is 0 Å². The standard InChI is InChI=1S/C15H17N5O/c16-15(21)12-5-6-14(20-19-12)18-9-13-11-4-2-1-3-10(11)7-8-17-13/h1-6,13,17H,7-9H2,(H2,16,21)(H,18,20). The van der Waals surface area contributed by atoms with Crippen LogP contribution in [0.15, 0.2) is 36.4 Å². The molecule has 108 valence electrons. The van der Waals surface area contributed by atoms with Crippen LogP contribution in [0.4, 0.5) is 5.82 Å². The topological polar surface area (TPSA) is 92.9 Å². The molecule has 6 heteroatoms. The molecule has 0 bridgehead atoms. The average Bonchev–Trinajstić information content (AvgIpc) is 2.53. The molecule has 0 spiro atoms. The van der Waals surface area contributed by atoms with E-state index in [2.05, 4.69) is 45.1 Å². The fourth-order valence-electron chi connectivity index (χ4n) is 2.54. The summed E-state index contributed by atoms with van der Waals surface area (Å²) in [6.45, 7) is 1.68. The monoisotopic (exact) mass is 283 g/mol. The van der Waals surface area contributed by atoms with Crippen molar-refractivity contribution in [1.29, 1.82) is 0 Å². The third-order valence-electron chi connectivity index (χ3n) is 3.62. The molecule has 1 atom stereocenters. The number of nitrogens with zero attached hydrogens (tertiary/aromatic N) is 2. The molecule has 1 unspecified atom stereocenters. The van der Waals surface area contributed by atoms with Gasteiger partial charge in [-0.1, -0.05) is 24.3 Å². The minimum atomic E-state index is -0.572. The van der Waals surface area contributed by atoms with Gasteiger partial charge in [-0.15, -0.1) is 10.2 Å². The maximum atomic E-state index is 10.9. The molecule has 1 aliphatic heterocycles. The summed E-state index contributed by atoms with van der Waals surface area (Å²) < 4.78 is 0. The first-order chi connectivity index (χ1) is 10.2. The first kappa shape index (κ1) is 13.5. The molecule has 1 aliphatic rings. The molecule has 0 aliphatic carbocycles. The highest BCUT2D eigenvalue weighted by molar-refractivity contribution is 5.90. The molecule has 3 rings (SSSR count). The zero-order valence-electron chi connectivity index (χ0n) is 11.5. The Morgan fingerprint density at radius 2 is 2.14 bits per heavy atom. The summed E-state index contributed by atoms with van der Waals surface area (Å²) in [5.74, 6) is 0.0572. The van der Waals surface area contributed by atoms with Crippen LogP contribution in [-0.4, -0.2) is 29.2 Å². The van der Waals surface area contributed by atoms with E-state index in [1.165, 1.54) is 11.1 Å². The van der Waals surface area contributed by atoms with E-state index >= 15 is 0 Å². The summed E-state index contributed by atoms with van der Waals surface area (Å²) in [6, 6.07) is 12.0. The summed E-state index contributed by atoms with van der Waals surface area (Å²) in [5.41, 5.74) is 8.01. The molecule has 1 aromatic carbocycles. The van der Waals surface area contributed by atoms with Gasteiger partial charge in [-0.3, -0.25) is 4.79 Å². The van der Waals surface area contributed by atoms with Gasteiger partial charge in [-0.2, -0.15) is 0 Å². The Morgan fingerprint density at radius 1 is 1.29 bits per heavy atom. The Morgan fingerprint density at radius 3 is 2.90 bits per heavy atom. The van der Waals surface area contributed by atoms with Crippen LogP contribution < -0.4 is 16.4 Å². The summed E-state index contributed by atoms with van der Waals surface area (Å²) >= 11 is 0. The van der Waals surface area contributed by atoms with Crippen molar-refractivity contribution in [3.05, 3.63) is 53.2 Å². The quantitative estimate of drug-likeness (QED) is 0.774. The predicted octanol–water partition coefficient (Wildman–Crippen LogP) is 0.874. The number of amides is 1. The SMILES string of the molecule is NC(=O)c1ccc(NCC2NCCc3ccccc32)nn1. The number of rotatable bonds is 4. The smallest absolute Gasteiger partial charge is 0.269 e. The second-order valence-electron chi connectivity index (χ2n) is 5.00. The number of hydrogen-bond acceptors (Lipinski definition) is 5. The average molecular weight is 283 g/mol. The third kappa shape index (κ3) is 3.00. The van der Waals surface area contributed by atoms with Crippen molar-refractivity contribution in [2.24, 2.45) is 5.73 Å². The van der Waals surface area contributed by atoms with Crippen molar-refractivity contribution in [1.82, 2.24) is 15.5 Å². The van der Waals surface area contributed by atoms with E-state index in [1.807, 2.05) is 0 Å². The zero-order chi connectivity index (χ0) is 14.7. The number of benzene rings is 1. The van der Waals surface area contributed by atoms with E-state index in [-0.39, 0.29) is 11.7 Å². The Bertz CT molecular complexity index is 641. The molecule has 0 saturated heterocycles. The van der Waals surface area contributed by atoms with Crippen LogP contribution in [0.25, 0.3) is 0 Å². The van der Waals surface area contributed by atoms with Gasteiger partial charge < -0.3 is 16.4 Å². The summed E-state index contributed by atoms with van der Waals surface area (Å²) in [4.78, 5) is 10.9. The predicted molar refractivity (Wildman–Crippen MR) is 79.9 cm³/mol. The van der Waals surface area contributed by atoms with E-state index in [9.17, 15) is 4.79 Å². The molecule has 6 nitrogen and oxygen atoms in total. The van der Waals surface area contributed by atoms with E-state index in [0.717, 1.165) is 13.0 Å². The van der Waals surface area contributed by atoms with Gasteiger partial charge in [-0.05, 0) is 36.2 Å². The van der Waals surface area contributed by atoms with Crippen molar-refractivity contribution in [3.8, 4) is 0 Å². The molecule has 0 saturated carbocycles. The first-order valence-corrected chi connectivity index (χ1v) is 6.92. The highest BCUT2D eigenvalue weighted by atomic mass is 16.1. The van der Waals surface area contributed by atoms with Gasteiger partial charge in [-0.25, -0.2) is 0 Å². The number of anilines is 1. The highest BCUT2D eigenvalue weighted by Crippen LogP contribution is 2.22. The molecule has 0 fully saturated rings. The number of nitrogens with two attached hydrogens (primary N) is 1. The van der Waals surface area contributed by atoms with Crippen LogP contribution in [0.3, 0.4) is 0 Å². The molecule has 2 aromatic rings. The molecule has 0 radical (unpaired) electrons. The normalized spacial score (nSPS) is 17.0. The number of aromatic nitrogens is 2. The fourth-order valence-corrected chi connectivity index (χ4v) is 2.54. The zero-order valence-corrected chi connectivity index (χ0v) is 11.5. The molecule has 1 amide bonds. The third-order valence-corrected chi connectivity index (χ3v) is 3.62. The molecule has 2 heterocycles. The lowest BCUT2D eigenvalue weighted by Crippen LogP contribution is -2.34. The molecule has 1 aromatic heterocycles. The van der Waals surface area contributed by atoms with Crippen molar-refractivity contribution < 1.29 is 4.79 Å². The molecular formula is C15H17N5O. The largest absolute Gasteiger partial charge is 0.367 e. The fraction of sp³-hybridized carbons (Fsp3) is 0.267. The van der Waals surface area contributed by atoms with Crippen molar-refractivity contribution in [3.63, 3.8) is 0 Å². The summed E-state index contributed by atoms with van der Waals surface area (Å²) in [5, 5.41) is 14.5. The molecular weight excluding hydrogens is 266 g/mol.